The number of aryl methyl sites for hydroxylation is 1. The zero-order chi connectivity index (χ0) is 26.4. The van der Waals surface area contributed by atoms with Gasteiger partial charge in [-0.05, 0) is 18.2 Å². The Bertz CT molecular complexity index is 1780. The number of carbonyl (C=O) groups excluding carboxylic acids is 4. The van der Waals surface area contributed by atoms with Crippen molar-refractivity contribution in [1.82, 2.24) is 18.7 Å². The number of rotatable bonds is 5. The molecule has 12 nitrogen and oxygen atoms in total. The maximum atomic E-state index is 12.9. The smallest absolute Gasteiger partial charge is 0.332 e. The van der Waals surface area contributed by atoms with Crippen LogP contribution < -0.4 is 16.6 Å². The number of amides is 1. The van der Waals surface area contributed by atoms with Crippen molar-refractivity contribution in [3.05, 3.63) is 91.9 Å². The summed E-state index contributed by atoms with van der Waals surface area (Å²) in [6.07, 6.45) is 1.23. The van der Waals surface area contributed by atoms with E-state index in [0.717, 1.165) is 4.57 Å². The Morgan fingerprint density at radius 2 is 1.54 bits per heavy atom. The molecule has 0 aliphatic heterocycles. The van der Waals surface area contributed by atoms with E-state index >= 15 is 0 Å². The summed E-state index contributed by atoms with van der Waals surface area (Å²) in [7, 11) is 2.76. The van der Waals surface area contributed by atoms with Gasteiger partial charge < -0.3 is 14.6 Å². The predicted molar refractivity (Wildman–Crippen MR) is 130 cm³/mol. The molecule has 2 aromatic heterocycles. The molecule has 1 aliphatic rings. The summed E-state index contributed by atoms with van der Waals surface area (Å²) in [6, 6.07) is 10.9. The van der Waals surface area contributed by atoms with Gasteiger partial charge in [0.2, 0.25) is 0 Å². The minimum absolute atomic E-state index is 0.0425. The van der Waals surface area contributed by atoms with Crippen molar-refractivity contribution in [1.29, 1.82) is 0 Å². The van der Waals surface area contributed by atoms with Crippen molar-refractivity contribution in [3.8, 4) is 0 Å². The van der Waals surface area contributed by atoms with Crippen LogP contribution in [0.1, 0.15) is 31.8 Å². The number of anilines is 1. The van der Waals surface area contributed by atoms with Crippen LogP contribution in [0.25, 0.3) is 11.2 Å². The van der Waals surface area contributed by atoms with Crippen LogP contribution in [0.3, 0.4) is 0 Å². The number of hydrogen-bond donors (Lipinski definition) is 1. The van der Waals surface area contributed by atoms with Gasteiger partial charge in [-0.1, -0.05) is 24.3 Å². The van der Waals surface area contributed by atoms with E-state index in [1.807, 2.05) is 0 Å². The lowest BCUT2D eigenvalue weighted by Gasteiger charge is -2.18. The molecule has 0 radical (unpaired) electrons. The molecule has 1 amide bonds. The molecule has 0 unspecified atom stereocenters. The van der Waals surface area contributed by atoms with Gasteiger partial charge in [0.15, 0.2) is 29.3 Å². The van der Waals surface area contributed by atoms with Crippen molar-refractivity contribution >= 4 is 40.3 Å². The van der Waals surface area contributed by atoms with E-state index in [4.69, 9.17) is 4.74 Å². The third-order valence-electron chi connectivity index (χ3n) is 6.09. The van der Waals surface area contributed by atoms with E-state index in [1.54, 1.807) is 24.3 Å². The van der Waals surface area contributed by atoms with Crippen molar-refractivity contribution in [2.24, 2.45) is 14.1 Å². The van der Waals surface area contributed by atoms with Crippen molar-refractivity contribution < 1.29 is 23.9 Å². The van der Waals surface area contributed by atoms with Crippen LogP contribution in [-0.4, -0.2) is 48.7 Å². The van der Waals surface area contributed by atoms with Crippen LogP contribution in [-0.2, 0) is 35.0 Å². The first kappa shape index (κ1) is 23.6. The van der Waals surface area contributed by atoms with Crippen molar-refractivity contribution in [3.63, 3.8) is 0 Å². The molecular weight excluding hydrogens is 482 g/mol. The molecule has 2 aromatic carbocycles. The lowest BCUT2D eigenvalue weighted by molar-refractivity contribution is -0.147. The quantitative estimate of drug-likeness (QED) is 0.340. The van der Waals surface area contributed by atoms with E-state index in [9.17, 15) is 28.8 Å². The first-order valence-corrected chi connectivity index (χ1v) is 11.1. The van der Waals surface area contributed by atoms with Crippen LogP contribution in [0.15, 0.2) is 58.4 Å². The third kappa shape index (κ3) is 3.93. The van der Waals surface area contributed by atoms with Crippen LogP contribution in [0, 0.1) is 0 Å². The zero-order valence-corrected chi connectivity index (χ0v) is 19.7. The summed E-state index contributed by atoms with van der Waals surface area (Å²) in [5, 5.41) is 2.54. The highest BCUT2D eigenvalue weighted by atomic mass is 16.5. The average molecular weight is 501 g/mol. The molecule has 0 bridgehead atoms. The van der Waals surface area contributed by atoms with E-state index in [1.165, 1.54) is 47.8 Å². The number of nitrogens with one attached hydrogen (secondary N) is 1. The molecule has 0 atom stereocenters. The van der Waals surface area contributed by atoms with Gasteiger partial charge in [0.05, 0.1) is 6.33 Å². The second kappa shape index (κ2) is 8.82. The first-order chi connectivity index (χ1) is 17.7. The van der Waals surface area contributed by atoms with Gasteiger partial charge in [-0.15, -0.1) is 0 Å². The molecule has 0 saturated carbocycles. The van der Waals surface area contributed by atoms with Gasteiger partial charge >= 0.3 is 11.7 Å². The lowest BCUT2D eigenvalue weighted by Crippen LogP contribution is -2.37. The summed E-state index contributed by atoms with van der Waals surface area (Å²) in [5.74, 6) is -2.09. The van der Waals surface area contributed by atoms with Gasteiger partial charge in [0, 0.05) is 42.0 Å². The molecular formula is C25H19N5O7. The second-order valence-electron chi connectivity index (χ2n) is 8.42. The largest absolute Gasteiger partial charge is 0.454 e. The minimum Gasteiger partial charge on any atom is -0.454 e. The number of fused-ring (bicyclic) bond motifs is 3. The Kier molecular flexibility index (Phi) is 5.63. The molecule has 4 aromatic rings. The maximum absolute atomic E-state index is 12.9. The molecule has 2 heterocycles. The van der Waals surface area contributed by atoms with E-state index < -0.39 is 36.3 Å². The Morgan fingerprint density at radius 1 is 0.892 bits per heavy atom. The summed E-state index contributed by atoms with van der Waals surface area (Å²) in [4.78, 5) is 78.8. The number of carbonyl (C=O) groups is 4. The number of ketones is 2. The monoisotopic (exact) mass is 501 g/mol. The summed E-state index contributed by atoms with van der Waals surface area (Å²) < 4.78 is 8.34. The fourth-order valence-corrected chi connectivity index (χ4v) is 4.22. The highest BCUT2D eigenvalue weighted by Crippen LogP contribution is 2.29. The fourth-order valence-electron chi connectivity index (χ4n) is 4.22. The first-order valence-electron chi connectivity index (χ1n) is 11.1. The van der Waals surface area contributed by atoms with Gasteiger partial charge in [-0.25, -0.2) is 9.78 Å². The van der Waals surface area contributed by atoms with Gasteiger partial charge in [0.1, 0.15) is 6.54 Å². The normalized spacial score (nSPS) is 12.3. The maximum Gasteiger partial charge on any atom is 0.332 e. The molecule has 0 fully saturated rings. The molecule has 5 rings (SSSR count). The Hall–Kier alpha value is -5.13. The van der Waals surface area contributed by atoms with Crippen molar-refractivity contribution in [2.75, 3.05) is 11.9 Å². The molecule has 1 N–H and O–H groups in total. The predicted octanol–water partition coefficient (Wildman–Crippen LogP) is 0.391. The van der Waals surface area contributed by atoms with Crippen LogP contribution in [0.4, 0.5) is 5.69 Å². The fraction of sp³-hybridized carbons (Fsp3) is 0.160. The molecule has 37 heavy (non-hydrogen) atoms. The molecule has 1 aliphatic carbocycles. The number of nitrogens with zero attached hydrogens (tertiary/aromatic N) is 4. The number of ether oxygens (including phenoxy) is 1. The van der Waals surface area contributed by atoms with E-state index in [2.05, 4.69) is 10.3 Å². The molecule has 0 spiro atoms. The zero-order valence-electron chi connectivity index (χ0n) is 19.7. The summed E-state index contributed by atoms with van der Waals surface area (Å²) in [6.45, 7) is -1.04. The van der Waals surface area contributed by atoms with Crippen LogP contribution >= 0.6 is 0 Å². The van der Waals surface area contributed by atoms with Crippen LogP contribution in [0.2, 0.25) is 0 Å². The van der Waals surface area contributed by atoms with Crippen molar-refractivity contribution in [2.45, 2.75) is 6.54 Å². The number of hydrogen-bond acceptors (Lipinski definition) is 8. The molecule has 12 heteroatoms. The summed E-state index contributed by atoms with van der Waals surface area (Å²) in [5.41, 5.74) is 0.260. The Balaban J connectivity index is 1.26. The molecule has 186 valence electrons. The highest BCUT2D eigenvalue weighted by Gasteiger charge is 2.29. The molecule has 0 saturated heterocycles. The Morgan fingerprint density at radius 3 is 2.24 bits per heavy atom. The highest BCUT2D eigenvalue weighted by molar-refractivity contribution is 6.28. The number of aromatic nitrogens is 4. The van der Waals surface area contributed by atoms with Gasteiger partial charge in [-0.3, -0.25) is 33.1 Å². The van der Waals surface area contributed by atoms with Gasteiger partial charge in [-0.2, -0.15) is 0 Å². The third-order valence-corrected chi connectivity index (χ3v) is 6.09. The average Bonchev–Trinajstić information content (AvgIpc) is 3.31. The minimum atomic E-state index is -0.812. The number of imidazole rings is 1. The van der Waals surface area contributed by atoms with Crippen LogP contribution in [0.5, 0.6) is 0 Å². The SMILES string of the molecule is Cn1c(=O)c2c(ncn2CC(=O)OCC(=O)Nc2ccc3c(c2)C(=O)c2ccccc2C3=O)n(C)c1=O. The van der Waals surface area contributed by atoms with Gasteiger partial charge in [0.25, 0.3) is 11.5 Å². The lowest BCUT2D eigenvalue weighted by atomic mass is 9.84. The van der Waals surface area contributed by atoms with E-state index in [0.29, 0.717) is 11.1 Å². The number of esters is 1. The summed E-state index contributed by atoms with van der Waals surface area (Å²) >= 11 is 0. The van der Waals surface area contributed by atoms with E-state index in [-0.39, 0.29) is 39.5 Å². The standard InChI is InChI=1S/C25H19N5O7/c1-28-23-20(24(35)29(2)25(28)36)30(12-26-23)10-19(32)37-11-18(31)27-13-7-8-16-17(9-13)22(34)15-6-4-3-5-14(15)21(16)33/h3-9,12H,10-11H2,1-2H3,(H,27,31). The Labute approximate surface area is 207 Å². The second-order valence-corrected chi connectivity index (χ2v) is 8.42. The topological polar surface area (TPSA) is 151 Å². The number of benzene rings is 2.